The Bertz CT molecular complexity index is 1500. The number of aromatic nitrogens is 3. The zero-order valence-corrected chi connectivity index (χ0v) is 19.2. The Kier molecular flexibility index (Phi) is 5.41. The molecular formula is C26H24N4O4. The van der Waals surface area contributed by atoms with Crippen LogP contribution in [0.2, 0.25) is 0 Å². The summed E-state index contributed by atoms with van der Waals surface area (Å²) in [4.78, 5) is 33.8. The van der Waals surface area contributed by atoms with Crippen LogP contribution in [0, 0.1) is 13.8 Å². The summed E-state index contributed by atoms with van der Waals surface area (Å²) < 4.78 is 13.0. The molecule has 3 heterocycles. The molecule has 1 aliphatic rings. The van der Waals surface area contributed by atoms with Crippen molar-refractivity contribution in [3.8, 4) is 17.2 Å². The van der Waals surface area contributed by atoms with Gasteiger partial charge in [0.25, 0.3) is 5.56 Å². The molecule has 0 saturated heterocycles. The number of rotatable bonds is 5. The second-order valence-corrected chi connectivity index (χ2v) is 8.26. The molecule has 2 aromatic heterocycles. The third-order valence-electron chi connectivity index (χ3n) is 5.92. The number of ether oxygens (including phenoxy) is 2. The van der Waals surface area contributed by atoms with Gasteiger partial charge in [-0.3, -0.25) is 9.59 Å². The summed E-state index contributed by atoms with van der Waals surface area (Å²) in [5, 5.41) is 0.526. The van der Waals surface area contributed by atoms with Gasteiger partial charge in [-0.25, -0.2) is 4.98 Å². The standard InChI is InChI=1S/C26H24N4O4/c1-16-12-18(17(2)30(16)19-9-10-22-23(13-19)34-15-33-22)8-11-25(31)29(3)14-24-27-21-7-5-4-6-20(21)26(32)28-24/h4-13H,14-15H2,1-3H3,(H,27,28,32). The van der Waals surface area contributed by atoms with Gasteiger partial charge in [0.1, 0.15) is 5.82 Å². The highest BCUT2D eigenvalue weighted by Crippen LogP contribution is 2.35. The van der Waals surface area contributed by atoms with E-state index in [1.165, 1.54) is 11.0 Å². The molecule has 1 aliphatic heterocycles. The molecule has 34 heavy (non-hydrogen) atoms. The van der Waals surface area contributed by atoms with Crippen LogP contribution in [-0.2, 0) is 11.3 Å². The van der Waals surface area contributed by atoms with Gasteiger partial charge in [0.05, 0.1) is 17.4 Å². The van der Waals surface area contributed by atoms with Crippen molar-refractivity contribution in [3.05, 3.63) is 87.7 Å². The molecule has 8 heteroatoms. The van der Waals surface area contributed by atoms with Gasteiger partial charge in [0.2, 0.25) is 12.7 Å². The van der Waals surface area contributed by atoms with Crippen LogP contribution in [0.5, 0.6) is 11.5 Å². The molecule has 0 bridgehead atoms. The van der Waals surface area contributed by atoms with E-state index in [1.807, 2.05) is 44.2 Å². The van der Waals surface area contributed by atoms with E-state index in [0.29, 0.717) is 16.7 Å². The highest BCUT2D eigenvalue weighted by Gasteiger charge is 2.16. The molecule has 0 radical (unpaired) electrons. The molecule has 2 aromatic carbocycles. The van der Waals surface area contributed by atoms with Crippen molar-refractivity contribution in [1.82, 2.24) is 19.4 Å². The minimum atomic E-state index is -0.215. The number of para-hydroxylation sites is 1. The number of fused-ring (bicyclic) bond motifs is 2. The second-order valence-electron chi connectivity index (χ2n) is 8.26. The van der Waals surface area contributed by atoms with Crippen molar-refractivity contribution < 1.29 is 14.3 Å². The predicted octanol–water partition coefficient (Wildman–Crippen LogP) is 3.73. The zero-order chi connectivity index (χ0) is 23.8. The van der Waals surface area contributed by atoms with Crippen LogP contribution >= 0.6 is 0 Å². The van der Waals surface area contributed by atoms with Crippen LogP contribution in [0.4, 0.5) is 0 Å². The molecule has 0 atom stereocenters. The Labute approximate surface area is 196 Å². The summed E-state index contributed by atoms with van der Waals surface area (Å²) in [7, 11) is 1.68. The first-order valence-corrected chi connectivity index (χ1v) is 10.9. The van der Waals surface area contributed by atoms with E-state index < -0.39 is 0 Å². The normalized spacial score (nSPS) is 12.6. The lowest BCUT2D eigenvalue weighted by Crippen LogP contribution is -2.26. The average Bonchev–Trinajstić information content (AvgIpc) is 3.40. The summed E-state index contributed by atoms with van der Waals surface area (Å²) >= 11 is 0. The highest BCUT2D eigenvalue weighted by atomic mass is 16.7. The highest BCUT2D eigenvalue weighted by molar-refractivity contribution is 5.91. The van der Waals surface area contributed by atoms with Gasteiger partial charge in [-0.1, -0.05) is 12.1 Å². The Morgan fingerprint density at radius 1 is 1.15 bits per heavy atom. The number of amides is 1. The second kappa shape index (κ2) is 8.55. The fourth-order valence-electron chi connectivity index (χ4n) is 4.18. The average molecular weight is 457 g/mol. The SMILES string of the molecule is Cc1cc(C=CC(=O)N(C)Cc2nc3ccccc3c(=O)[nH]2)c(C)n1-c1ccc2c(c1)OCO2. The Hall–Kier alpha value is -4.33. The van der Waals surface area contributed by atoms with Gasteiger partial charge < -0.3 is 23.9 Å². The van der Waals surface area contributed by atoms with Gasteiger partial charge in [-0.15, -0.1) is 0 Å². The van der Waals surface area contributed by atoms with Gasteiger partial charge in [-0.05, 0) is 55.8 Å². The minimum Gasteiger partial charge on any atom is -0.454 e. The molecule has 0 fully saturated rings. The van der Waals surface area contributed by atoms with Gasteiger partial charge in [-0.2, -0.15) is 0 Å². The molecular weight excluding hydrogens is 432 g/mol. The van der Waals surface area contributed by atoms with Gasteiger partial charge in [0.15, 0.2) is 11.5 Å². The maximum Gasteiger partial charge on any atom is 0.258 e. The summed E-state index contributed by atoms with van der Waals surface area (Å²) in [5.41, 5.74) is 4.34. The molecule has 1 N–H and O–H groups in total. The molecule has 172 valence electrons. The van der Waals surface area contributed by atoms with Crippen LogP contribution in [0.25, 0.3) is 22.7 Å². The van der Waals surface area contributed by atoms with Crippen LogP contribution < -0.4 is 15.0 Å². The lowest BCUT2D eigenvalue weighted by atomic mass is 10.2. The largest absolute Gasteiger partial charge is 0.454 e. The number of hydrogen-bond donors (Lipinski definition) is 1. The van der Waals surface area contributed by atoms with Crippen molar-refractivity contribution in [2.75, 3.05) is 13.8 Å². The number of nitrogens with one attached hydrogen (secondary N) is 1. The van der Waals surface area contributed by atoms with Gasteiger partial charge >= 0.3 is 0 Å². The number of likely N-dealkylation sites (N-methyl/N-ethyl adjacent to an activating group) is 1. The number of carbonyl (C=O) groups is 1. The number of carbonyl (C=O) groups excluding carboxylic acids is 1. The molecule has 8 nitrogen and oxygen atoms in total. The molecule has 0 saturated carbocycles. The lowest BCUT2D eigenvalue weighted by molar-refractivity contribution is -0.125. The third-order valence-corrected chi connectivity index (χ3v) is 5.92. The number of nitrogens with zero attached hydrogens (tertiary/aromatic N) is 3. The molecule has 1 amide bonds. The maximum absolute atomic E-state index is 12.8. The first-order valence-electron chi connectivity index (χ1n) is 10.9. The van der Waals surface area contributed by atoms with Crippen LogP contribution in [0.3, 0.4) is 0 Å². The van der Waals surface area contributed by atoms with Crippen molar-refractivity contribution >= 4 is 22.9 Å². The predicted molar refractivity (Wildman–Crippen MR) is 129 cm³/mol. The van der Waals surface area contributed by atoms with Gasteiger partial charge in [0, 0.05) is 36.3 Å². The minimum absolute atomic E-state index is 0.191. The topological polar surface area (TPSA) is 89.5 Å². The number of H-pyrrole nitrogens is 1. The fourth-order valence-corrected chi connectivity index (χ4v) is 4.18. The van der Waals surface area contributed by atoms with Crippen molar-refractivity contribution in [2.24, 2.45) is 0 Å². The fraction of sp³-hybridized carbons (Fsp3) is 0.192. The van der Waals surface area contributed by atoms with E-state index >= 15 is 0 Å². The van der Waals surface area contributed by atoms with Crippen molar-refractivity contribution in [1.29, 1.82) is 0 Å². The Morgan fingerprint density at radius 2 is 1.94 bits per heavy atom. The third kappa shape index (κ3) is 3.94. The van der Waals surface area contributed by atoms with Crippen LogP contribution in [-0.4, -0.2) is 39.2 Å². The molecule has 4 aromatic rings. The van der Waals surface area contributed by atoms with E-state index in [1.54, 1.807) is 31.3 Å². The molecule has 5 rings (SSSR count). The van der Waals surface area contributed by atoms with E-state index in [0.717, 1.165) is 34.1 Å². The van der Waals surface area contributed by atoms with Crippen molar-refractivity contribution in [3.63, 3.8) is 0 Å². The van der Waals surface area contributed by atoms with E-state index in [-0.39, 0.29) is 24.8 Å². The number of benzene rings is 2. The first-order chi connectivity index (χ1) is 16.4. The Morgan fingerprint density at radius 3 is 2.79 bits per heavy atom. The molecule has 0 spiro atoms. The molecule has 0 aliphatic carbocycles. The maximum atomic E-state index is 12.8. The monoisotopic (exact) mass is 456 g/mol. The van der Waals surface area contributed by atoms with E-state index in [9.17, 15) is 9.59 Å². The summed E-state index contributed by atoms with van der Waals surface area (Å²) in [6.07, 6.45) is 3.34. The lowest BCUT2D eigenvalue weighted by Gasteiger charge is -2.14. The van der Waals surface area contributed by atoms with E-state index in [4.69, 9.17) is 9.47 Å². The van der Waals surface area contributed by atoms with Crippen LogP contribution in [0.15, 0.2) is 59.4 Å². The van der Waals surface area contributed by atoms with Crippen LogP contribution in [0.1, 0.15) is 22.8 Å². The summed E-state index contributed by atoms with van der Waals surface area (Å²) in [6, 6.07) is 15.0. The quantitative estimate of drug-likeness (QED) is 0.462. The number of hydrogen-bond acceptors (Lipinski definition) is 5. The van der Waals surface area contributed by atoms with E-state index in [2.05, 4.69) is 14.5 Å². The number of aromatic amines is 1. The summed E-state index contributed by atoms with van der Waals surface area (Å²) in [5.74, 6) is 1.71. The summed E-state index contributed by atoms with van der Waals surface area (Å²) in [6.45, 7) is 4.45. The zero-order valence-electron chi connectivity index (χ0n) is 19.2. The smallest absolute Gasteiger partial charge is 0.258 e. The van der Waals surface area contributed by atoms with Crippen molar-refractivity contribution in [2.45, 2.75) is 20.4 Å². The number of aryl methyl sites for hydroxylation is 1. The Balaban J connectivity index is 1.34. The molecule has 0 unspecified atom stereocenters. The first kappa shape index (κ1) is 21.5.